The number of carbonyl (C=O) groups excluding carboxylic acids is 3. The smallest absolute Gasteiger partial charge is 0.321 e. The second-order valence-corrected chi connectivity index (χ2v) is 9.38. The lowest BCUT2D eigenvalue weighted by molar-refractivity contribution is -0.133. The molecule has 0 atom stereocenters. The monoisotopic (exact) mass is 532 g/mol. The van der Waals surface area contributed by atoms with Crippen molar-refractivity contribution in [1.82, 2.24) is 4.68 Å². The van der Waals surface area contributed by atoms with Gasteiger partial charge < -0.3 is 10.6 Å². The third kappa shape index (κ3) is 5.12. The lowest BCUT2D eigenvalue weighted by Crippen LogP contribution is -2.36. The second-order valence-electron chi connectivity index (χ2n) is 8.46. The molecular weight excluding hydrogens is 508 g/mol. The van der Waals surface area contributed by atoms with Gasteiger partial charge in [0, 0.05) is 21.2 Å². The van der Waals surface area contributed by atoms with E-state index < -0.39 is 17.7 Å². The number of nitrogens with zero attached hydrogens (tertiary/aromatic N) is 1. The molecule has 3 N–H and O–H groups in total. The normalized spacial score (nSPS) is 10.8. The van der Waals surface area contributed by atoms with Gasteiger partial charge in [0.05, 0.1) is 5.52 Å². The first kappa shape index (κ1) is 24.2. The third-order valence-corrected chi connectivity index (χ3v) is 6.53. The molecule has 0 saturated carbocycles. The quantitative estimate of drug-likeness (QED) is 0.299. The molecule has 0 saturated heterocycles. The first-order valence-corrected chi connectivity index (χ1v) is 11.8. The van der Waals surface area contributed by atoms with Crippen LogP contribution >= 0.6 is 15.9 Å². The molecule has 8 heteroatoms. The van der Waals surface area contributed by atoms with Crippen LogP contribution in [-0.2, 0) is 9.59 Å². The van der Waals surface area contributed by atoms with E-state index in [1.54, 1.807) is 24.3 Å². The number of fused-ring (bicyclic) bond motifs is 1. The van der Waals surface area contributed by atoms with E-state index in [-0.39, 0.29) is 5.69 Å². The fourth-order valence-electron chi connectivity index (χ4n) is 3.71. The number of aryl methyl sites for hydroxylation is 3. The van der Waals surface area contributed by atoms with Gasteiger partial charge in [-0.1, -0.05) is 34.1 Å². The molecule has 0 aliphatic heterocycles. The maximum atomic E-state index is 13.2. The zero-order valence-corrected chi connectivity index (χ0v) is 21.4. The number of carbonyl (C=O) groups is 3. The number of aromatic nitrogens is 1. The molecular formula is C27H25BrN4O3. The summed E-state index contributed by atoms with van der Waals surface area (Å²) in [7, 11) is 0. The Kier molecular flexibility index (Phi) is 6.75. The van der Waals surface area contributed by atoms with Crippen molar-refractivity contribution in [2.24, 2.45) is 0 Å². The Balaban J connectivity index is 1.64. The van der Waals surface area contributed by atoms with E-state index >= 15 is 0 Å². The summed E-state index contributed by atoms with van der Waals surface area (Å²) in [6.07, 6.45) is 0. The molecule has 0 unspecified atom stereocenters. The van der Waals surface area contributed by atoms with Crippen molar-refractivity contribution < 1.29 is 14.4 Å². The molecule has 3 aromatic carbocycles. The summed E-state index contributed by atoms with van der Waals surface area (Å²) < 4.78 is 2.16. The van der Waals surface area contributed by atoms with E-state index in [0.29, 0.717) is 16.9 Å². The molecule has 178 valence electrons. The van der Waals surface area contributed by atoms with Gasteiger partial charge >= 0.3 is 11.8 Å². The number of hydrogen-bond donors (Lipinski definition) is 3. The van der Waals surface area contributed by atoms with Gasteiger partial charge in [-0.25, -0.2) is 4.68 Å². The van der Waals surface area contributed by atoms with Crippen LogP contribution in [0.5, 0.6) is 0 Å². The lowest BCUT2D eigenvalue weighted by Gasteiger charge is -2.14. The summed E-state index contributed by atoms with van der Waals surface area (Å²) in [5, 5.41) is 6.25. The lowest BCUT2D eigenvalue weighted by atomic mass is 10.1. The van der Waals surface area contributed by atoms with E-state index in [0.717, 1.165) is 32.1 Å². The summed E-state index contributed by atoms with van der Waals surface area (Å²) in [6, 6.07) is 18.2. The average Bonchev–Trinajstić information content (AvgIpc) is 3.16. The number of benzene rings is 3. The van der Waals surface area contributed by atoms with Crippen LogP contribution < -0.4 is 16.1 Å². The summed E-state index contributed by atoms with van der Waals surface area (Å²) in [5.41, 5.74) is 8.56. The minimum atomic E-state index is -0.897. The van der Waals surface area contributed by atoms with Gasteiger partial charge in [0.1, 0.15) is 5.69 Å². The Hall–Kier alpha value is -3.91. The molecule has 1 heterocycles. The molecule has 0 fully saturated rings. The summed E-state index contributed by atoms with van der Waals surface area (Å²) in [5.74, 6) is -2.15. The highest BCUT2D eigenvalue weighted by atomic mass is 79.9. The Labute approximate surface area is 211 Å². The van der Waals surface area contributed by atoms with Crippen molar-refractivity contribution in [2.45, 2.75) is 27.7 Å². The van der Waals surface area contributed by atoms with E-state index in [1.807, 2.05) is 64.1 Å². The number of amides is 3. The maximum Gasteiger partial charge on any atom is 0.328 e. The van der Waals surface area contributed by atoms with E-state index in [1.165, 1.54) is 4.68 Å². The van der Waals surface area contributed by atoms with Crippen LogP contribution in [0.15, 0.2) is 65.1 Å². The highest BCUT2D eigenvalue weighted by molar-refractivity contribution is 9.10. The van der Waals surface area contributed by atoms with Crippen LogP contribution in [0, 0.1) is 27.7 Å². The van der Waals surface area contributed by atoms with Gasteiger partial charge in [0.15, 0.2) is 0 Å². The number of halogens is 1. The molecule has 7 nitrogen and oxygen atoms in total. The molecule has 0 bridgehead atoms. The van der Waals surface area contributed by atoms with Crippen LogP contribution in [0.2, 0.25) is 0 Å². The van der Waals surface area contributed by atoms with E-state index in [4.69, 9.17) is 0 Å². The van der Waals surface area contributed by atoms with Gasteiger partial charge in [-0.05, 0) is 92.4 Å². The SMILES string of the molecule is Cc1ccc(NC(=O)c2cc3cc(Br)ccc3n2NC(=O)C(=O)Nc2cccc(C)c2C)cc1C. The summed E-state index contributed by atoms with van der Waals surface area (Å²) in [6.45, 7) is 7.76. The molecule has 0 spiro atoms. The predicted octanol–water partition coefficient (Wildman–Crippen LogP) is 5.60. The van der Waals surface area contributed by atoms with Crippen LogP contribution in [0.3, 0.4) is 0 Å². The van der Waals surface area contributed by atoms with Crippen LogP contribution in [0.4, 0.5) is 11.4 Å². The first-order chi connectivity index (χ1) is 16.6. The highest BCUT2D eigenvalue weighted by Gasteiger charge is 2.22. The van der Waals surface area contributed by atoms with E-state index in [9.17, 15) is 14.4 Å². The molecule has 4 rings (SSSR count). The number of nitrogens with one attached hydrogen (secondary N) is 3. The summed E-state index contributed by atoms with van der Waals surface area (Å²) >= 11 is 3.43. The highest BCUT2D eigenvalue weighted by Crippen LogP contribution is 2.24. The maximum absolute atomic E-state index is 13.2. The molecule has 0 aliphatic rings. The zero-order valence-electron chi connectivity index (χ0n) is 19.8. The Morgan fingerprint density at radius 2 is 1.54 bits per heavy atom. The molecule has 3 amide bonds. The molecule has 35 heavy (non-hydrogen) atoms. The Bertz CT molecular complexity index is 1490. The van der Waals surface area contributed by atoms with Crippen molar-refractivity contribution in [3.8, 4) is 0 Å². The number of rotatable bonds is 4. The fraction of sp³-hybridized carbons (Fsp3) is 0.148. The molecule has 4 aromatic rings. The minimum Gasteiger partial charge on any atom is -0.321 e. The fourth-order valence-corrected chi connectivity index (χ4v) is 4.08. The number of hydrogen-bond acceptors (Lipinski definition) is 3. The van der Waals surface area contributed by atoms with Gasteiger partial charge in [-0.2, -0.15) is 0 Å². The molecule has 1 aromatic heterocycles. The molecule has 0 radical (unpaired) electrons. The van der Waals surface area contributed by atoms with Gasteiger partial charge in [-0.3, -0.25) is 19.8 Å². The van der Waals surface area contributed by atoms with Crippen LogP contribution in [0.1, 0.15) is 32.7 Å². The van der Waals surface area contributed by atoms with Crippen molar-refractivity contribution in [3.05, 3.63) is 93.1 Å². The number of anilines is 2. The zero-order chi connectivity index (χ0) is 25.3. The predicted molar refractivity (Wildman–Crippen MR) is 142 cm³/mol. The van der Waals surface area contributed by atoms with Gasteiger partial charge in [0.2, 0.25) is 0 Å². The largest absolute Gasteiger partial charge is 0.328 e. The Morgan fingerprint density at radius 1 is 0.771 bits per heavy atom. The second kappa shape index (κ2) is 9.76. The van der Waals surface area contributed by atoms with Crippen molar-refractivity contribution >= 4 is 55.9 Å². The van der Waals surface area contributed by atoms with Gasteiger partial charge in [0.25, 0.3) is 5.91 Å². The van der Waals surface area contributed by atoms with Crippen LogP contribution in [-0.4, -0.2) is 22.4 Å². The minimum absolute atomic E-state index is 0.184. The summed E-state index contributed by atoms with van der Waals surface area (Å²) in [4.78, 5) is 38.8. The van der Waals surface area contributed by atoms with Gasteiger partial charge in [-0.15, -0.1) is 0 Å². The Morgan fingerprint density at radius 3 is 2.29 bits per heavy atom. The standard InChI is InChI=1S/C27H25BrN4O3/c1-15-8-10-21(12-17(15)3)29-25(33)24-14-19-13-20(28)9-11-23(19)32(24)31-27(35)26(34)30-22-7-5-6-16(2)18(22)4/h5-14H,1-4H3,(H,29,33)(H,30,34)(H,31,35). The van der Waals surface area contributed by atoms with Crippen molar-refractivity contribution in [3.63, 3.8) is 0 Å². The van der Waals surface area contributed by atoms with E-state index in [2.05, 4.69) is 32.0 Å². The van der Waals surface area contributed by atoms with Crippen molar-refractivity contribution in [1.29, 1.82) is 0 Å². The third-order valence-electron chi connectivity index (χ3n) is 6.03. The average molecular weight is 533 g/mol. The molecule has 0 aliphatic carbocycles. The van der Waals surface area contributed by atoms with Crippen LogP contribution in [0.25, 0.3) is 10.9 Å². The first-order valence-electron chi connectivity index (χ1n) is 11.0. The topological polar surface area (TPSA) is 92.2 Å². The van der Waals surface area contributed by atoms with Crippen molar-refractivity contribution in [2.75, 3.05) is 16.1 Å².